The third-order valence-corrected chi connectivity index (χ3v) is 2.84. The molecule has 0 aliphatic rings. The Morgan fingerprint density at radius 1 is 1.35 bits per heavy atom. The minimum Gasteiger partial charge on any atom is -0.494 e. The van der Waals surface area contributed by atoms with Crippen molar-refractivity contribution in [3.05, 3.63) is 35.9 Å². The van der Waals surface area contributed by atoms with Crippen molar-refractivity contribution in [1.82, 2.24) is 9.55 Å². The second-order valence-corrected chi connectivity index (χ2v) is 4.37. The zero-order chi connectivity index (χ0) is 14.5. The molecule has 20 heavy (non-hydrogen) atoms. The topological polar surface area (TPSA) is 48.3 Å². The summed E-state index contributed by atoms with van der Waals surface area (Å²) in [4.78, 5) is 4.40. The molecule has 1 aromatic carbocycles. The zero-order valence-electron chi connectivity index (χ0n) is 11.8. The maximum Gasteiger partial charge on any atom is 0.207 e. The van der Waals surface area contributed by atoms with E-state index >= 15 is 0 Å². The lowest BCUT2D eigenvalue weighted by molar-refractivity contribution is 0.188. The summed E-state index contributed by atoms with van der Waals surface area (Å²) in [5.74, 6) is 0.492. The van der Waals surface area contributed by atoms with Gasteiger partial charge in [0.15, 0.2) is 11.6 Å². The van der Waals surface area contributed by atoms with E-state index in [4.69, 9.17) is 9.47 Å². The van der Waals surface area contributed by atoms with Crippen LogP contribution in [-0.4, -0.2) is 30.4 Å². The van der Waals surface area contributed by atoms with E-state index in [1.165, 1.54) is 13.2 Å². The predicted octanol–water partition coefficient (Wildman–Crippen LogP) is 2.73. The monoisotopic (exact) mass is 279 g/mol. The largest absolute Gasteiger partial charge is 0.494 e. The molecule has 2 rings (SSSR count). The Balaban J connectivity index is 2.20. The van der Waals surface area contributed by atoms with Gasteiger partial charge in [-0.05, 0) is 19.1 Å². The summed E-state index contributed by atoms with van der Waals surface area (Å²) in [5.41, 5.74) is 1.62. The number of ether oxygens (including phenoxy) is 2. The van der Waals surface area contributed by atoms with Crippen molar-refractivity contribution >= 4 is 11.6 Å². The Hall–Kier alpha value is -2.08. The second-order valence-electron chi connectivity index (χ2n) is 4.37. The fourth-order valence-electron chi connectivity index (χ4n) is 1.87. The maximum absolute atomic E-state index is 13.4. The molecule has 5 nitrogen and oxygen atoms in total. The van der Waals surface area contributed by atoms with E-state index in [1.807, 2.05) is 17.7 Å². The molecule has 1 aromatic heterocycles. The number of anilines is 2. The molecule has 1 N–H and O–H groups in total. The summed E-state index contributed by atoms with van der Waals surface area (Å²) in [7, 11) is 3.09. The molecule has 0 amide bonds. The van der Waals surface area contributed by atoms with Crippen LogP contribution in [0.3, 0.4) is 0 Å². The molecule has 0 radical (unpaired) electrons. The fraction of sp³-hybridized carbons (Fsp3) is 0.357. The van der Waals surface area contributed by atoms with Crippen LogP contribution in [0.25, 0.3) is 0 Å². The minimum absolute atomic E-state index is 0.196. The second kappa shape index (κ2) is 6.38. The first-order chi connectivity index (χ1) is 9.63. The molecule has 0 unspecified atom stereocenters. The van der Waals surface area contributed by atoms with Gasteiger partial charge in [-0.15, -0.1) is 0 Å². The first-order valence-corrected chi connectivity index (χ1v) is 6.27. The quantitative estimate of drug-likeness (QED) is 0.883. The lowest BCUT2D eigenvalue weighted by Gasteiger charge is -2.10. The number of rotatable bonds is 6. The lowest BCUT2D eigenvalue weighted by Crippen LogP contribution is -2.07. The summed E-state index contributed by atoms with van der Waals surface area (Å²) in [5, 5.41) is 3.15. The van der Waals surface area contributed by atoms with Crippen molar-refractivity contribution in [3.8, 4) is 5.75 Å². The number of nitrogens with one attached hydrogen (secondary N) is 1. The van der Waals surface area contributed by atoms with E-state index in [0.29, 0.717) is 24.8 Å². The van der Waals surface area contributed by atoms with Crippen molar-refractivity contribution in [2.75, 3.05) is 26.1 Å². The van der Waals surface area contributed by atoms with Gasteiger partial charge in [-0.2, -0.15) is 0 Å². The standard InChI is InChI=1S/C14H18FN3O2/c1-10-9-18(6-7-19-2)14(16-10)17-11-4-5-12(15)13(8-11)20-3/h4-5,8-9H,6-7H2,1-3H3,(H,16,17). The van der Waals surface area contributed by atoms with Gasteiger partial charge in [-0.1, -0.05) is 0 Å². The summed E-state index contributed by atoms with van der Waals surface area (Å²) < 4.78 is 25.3. The first-order valence-electron chi connectivity index (χ1n) is 6.27. The smallest absolute Gasteiger partial charge is 0.207 e. The van der Waals surface area contributed by atoms with Gasteiger partial charge in [-0.25, -0.2) is 9.37 Å². The number of nitrogens with zero attached hydrogens (tertiary/aromatic N) is 2. The molecule has 0 fully saturated rings. The highest BCUT2D eigenvalue weighted by Crippen LogP contribution is 2.24. The predicted molar refractivity (Wildman–Crippen MR) is 75.1 cm³/mol. The van der Waals surface area contributed by atoms with Crippen LogP contribution in [0.1, 0.15) is 5.69 Å². The Morgan fingerprint density at radius 3 is 2.85 bits per heavy atom. The first kappa shape index (κ1) is 14.3. The summed E-state index contributed by atoms with van der Waals surface area (Å²) in [6, 6.07) is 4.60. The number of aryl methyl sites for hydroxylation is 1. The van der Waals surface area contributed by atoms with Gasteiger partial charge < -0.3 is 19.4 Å². The molecule has 0 saturated carbocycles. The Bertz CT molecular complexity index is 584. The number of hydrogen-bond acceptors (Lipinski definition) is 4. The van der Waals surface area contributed by atoms with Crippen LogP contribution in [0.5, 0.6) is 5.75 Å². The minimum atomic E-state index is -0.392. The van der Waals surface area contributed by atoms with Crippen molar-refractivity contribution in [1.29, 1.82) is 0 Å². The van der Waals surface area contributed by atoms with Crippen molar-refractivity contribution in [3.63, 3.8) is 0 Å². The average molecular weight is 279 g/mol. The summed E-state index contributed by atoms with van der Waals surface area (Å²) >= 11 is 0. The van der Waals surface area contributed by atoms with Crippen LogP contribution < -0.4 is 10.1 Å². The van der Waals surface area contributed by atoms with Gasteiger partial charge in [-0.3, -0.25) is 0 Å². The highest BCUT2D eigenvalue weighted by atomic mass is 19.1. The van der Waals surface area contributed by atoms with E-state index in [9.17, 15) is 4.39 Å². The fourth-order valence-corrected chi connectivity index (χ4v) is 1.87. The SMILES string of the molecule is COCCn1cc(C)nc1Nc1ccc(F)c(OC)c1. The van der Waals surface area contributed by atoms with Crippen LogP contribution in [0, 0.1) is 12.7 Å². The molecule has 0 atom stereocenters. The van der Waals surface area contributed by atoms with Crippen LogP contribution >= 0.6 is 0 Å². The molecule has 2 aromatic rings. The van der Waals surface area contributed by atoms with E-state index in [-0.39, 0.29) is 5.75 Å². The number of aromatic nitrogens is 2. The Kier molecular flexibility index (Phi) is 4.57. The van der Waals surface area contributed by atoms with E-state index in [1.54, 1.807) is 19.2 Å². The maximum atomic E-state index is 13.4. The van der Waals surface area contributed by atoms with Crippen molar-refractivity contribution < 1.29 is 13.9 Å². The van der Waals surface area contributed by atoms with E-state index in [2.05, 4.69) is 10.3 Å². The van der Waals surface area contributed by atoms with Crippen molar-refractivity contribution in [2.45, 2.75) is 13.5 Å². The highest BCUT2D eigenvalue weighted by Gasteiger charge is 2.08. The van der Waals surface area contributed by atoms with Crippen LogP contribution in [0.2, 0.25) is 0 Å². The molecule has 0 aliphatic carbocycles. The zero-order valence-corrected chi connectivity index (χ0v) is 11.8. The van der Waals surface area contributed by atoms with Crippen LogP contribution in [0.4, 0.5) is 16.0 Å². The number of hydrogen-bond donors (Lipinski definition) is 1. The molecule has 0 bridgehead atoms. The third kappa shape index (κ3) is 3.27. The Morgan fingerprint density at radius 2 is 2.15 bits per heavy atom. The average Bonchev–Trinajstić information content (AvgIpc) is 2.78. The number of imidazole rings is 1. The van der Waals surface area contributed by atoms with Gasteiger partial charge in [0.05, 0.1) is 19.4 Å². The van der Waals surface area contributed by atoms with E-state index < -0.39 is 5.82 Å². The summed E-state index contributed by atoms with van der Waals surface area (Å²) in [6.07, 6.45) is 1.93. The Labute approximate surface area is 117 Å². The van der Waals surface area contributed by atoms with Gasteiger partial charge in [0.2, 0.25) is 5.95 Å². The van der Waals surface area contributed by atoms with Crippen LogP contribution in [-0.2, 0) is 11.3 Å². The number of halogens is 1. The normalized spacial score (nSPS) is 10.6. The molecule has 0 spiro atoms. The molecule has 1 heterocycles. The van der Waals surface area contributed by atoms with Crippen molar-refractivity contribution in [2.24, 2.45) is 0 Å². The van der Waals surface area contributed by atoms with E-state index in [0.717, 1.165) is 5.69 Å². The molecule has 6 heteroatoms. The molecule has 108 valence electrons. The summed E-state index contributed by atoms with van der Waals surface area (Å²) in [6.45, 7) is 3.20. The third-order valence-electron chi connectivity index (χ3n) is 2.84. The molecular weight excluding hydrogens is 261 g/mol. The highest BCUT2D eigenvalue weighted by molar-refractivity contribution is 5.56. The van der Waals surface area contributed by atoms with Gasteiger partial charge in [0.25, 0.3) is 0 Å². The number of benzene rings is 1. The molecule has 0 saturated heterocycles. The molecular formula is C14H18FN3O2. The van der Waals surface area contributed by atoms with Gasteiger partial charge >= 0.3 is 0 Å². The number of methoxy groups -OCH3 is 2. The van der Waals surface area contributed by atoms with Gasteiger partial charge in [0, 0.05) is 31.6 Å². The van der Waals surface area contributed by atoms with Crippen LogP contribution in [0.15, 0.2) is 24.4 Å². The van der Waals surface area contributed by atoms with Gasteiger partial charge in [0.1, 0.15) is 0 Å². The lowest BCUT2D eigenvalue weighted by atomic mass is 10.3. The molecule has 0 aliphatic heterocycles.